The Morgan fingerprint density at radius 3 is 2.56 bits per heavy atom. The summed E-state index contributed by atoms with van der Waals surface area (Å²) in [6, 6.07) is 10.0. The number of aryl methyl sites for hydroxylation is 1. The second-order valence-corrected chi connectivity index (χ2v) is 7.77. The van der Waals surface area contributed by atoms with Gasteiger partial charge in [0.1, 0.15) is 23.7 Å². The van der Waals surface area contributed by atoms with Crippen molar-refractivity contribution in [3.05, 3.63) is 71.9 Å². The lowest BCUT2D eigenvalue weighted by Crippen LogP contribution is -2.16. The number of benzene rings is 2. The maximum absolute atomic E-state index is 14.1. The van der Waals surface area contributed by atoms with E-state index in [1.165, 1.54) is 30.6 Å². The van der Waals surface area contributed by atoms with Crippen molar-refractivity contribution in [2.75, 3.05) is 17.2 Å². The van der Waals surface area contributed by atoms with E-state index < -0.39 is 34.9 Å². The minimum absolute atomic E-state index is 0.145. The number of rotatable bonds is 6. The first-order chi connectivity index (χ1) is 17.1. The summed E-state index contributed by atoms with van der Waals surface area (Å²) in [6.45, 7) is 2.28. The average Bonchev–Trinajstić information content (AvgIpc) is 3.25. The van der Waals surface area contributed by atoms with Gasteiger partial charge in [-0.25, -0.2) is 9.37 Å². The number of anilines is 2. The predicted octanol–water partition coefficient (Wildman–Crippen LogP) is 5.09. The minimum atomic E-state index is -4.81. The van der Waals surface area contributed by atoms with Gasteiger partial charge in [0, 0.05) is 19.2 Å². The molecule has 1 amide bonds. The van der Waals surface area contributed by atoms with E-state index in [9.17, 15) is 27.5 Å². The number of phenols is 1. The van der Waals surface area contributed by atoms with Crippen molar-refractivity contribution in [2.24, 2.45) is 7.05 Å². The summed E-state index contributed by atoms with van der Waals surface area (Å²) >= 11 is 0. The summed E-state index contributed by atoms with van der Waals surface area (Å²) in [7, 11) is 1.70. The molecule has 2 aromatic heterocycles. The molecule has 0 atom stereocenters. The van der Waals surface area contributed by atoms with E-state index in [1.54, 1.807) is 17.7 Å². The maximum Gasteiger partial charge on any atom is 0.420 e. The van der Waals surface area contributed by atoms with Crippen LogP contribution in [-0.2, 0) is 13.2 Å². The van der Waals surface area contributed by atoms with E-state index in [0.717, 1.165) is 12.1 Å². The monoisotopic (exact) mass is 500 g/mol. The quantitative estimate of drug-likeness (QED) is 0.252. The number of para-hydroxylation sites is 1. The van der Waals surface area contributed by atoms with Crippen molar-refractivity contribution < 1.29 is 27.5 Å². The summed E-state index contributed by atoms with van der Waals surface area (Å²) in [5.74, 6) is -1.78. The molecule has 4 rings (SSSR count). The van der Waals surface area contributed by atoms with Crippen LogP contribution in [0.15, 0.2) is 54.9 Å². The van der Waals surface area contributed by atoms with Crippen LogP contribution in [0.3, 0.4) is 0 Å². The number of amides is 1. The van der Waals surface area contributed by atoms with E-state index >= 15 is 0 Å². The normalized spacial score (nSPS) is 11.4. The van der Waals surface area contributed by atoms with Crippen LogP contribution in [0.5, 0.6) is 5.75 Å². The largest absolute Gasteiger partial charge is 0.505 e. The zero-order valence-electron chi connectivity index (χ0n) is 19.1. The molecule has 12 heteroatoms. The highest BCUT2D eigenvalue weighted by molar-refractivity contribution is 6.05. The summed E-state index contributed by atoms with van der Waals surface area (Å²) in [5.41, 5.74) is -0.454. The Hall–Kier alpha value is -4.48. The number of nitrogens with zero attached hydrogens (tertiary/aromatic N) is 4. The van der Waals surface area contributed by atoms with Crippen molar-refractivity contribution in [2.45, 2.75) is 13.1 Å². The van der Waals surface area contributed by atoms with Crippen molar-refractivity contribution in [1.82, 2.24) is 19.7 Å². The van der Waals surface area contributed by atoms with Crippen LogP contribution in [0.25, 0.3) is 22.5 Å². The molecule has 0 aliphatic heterocycles. The lowest BCUT2D eigenvalue weighted by atomic mass is 9.98. The molecule has 2 heterocycles. The van der Waals surface area contributed by atoms with Crippen LogP contribution in [0.2, 0.25) is 0 Å². The molecule has 0 aliphatic rings. The van der Waals surface area contributed by atoms with Crippen LogP contribution in [-0.4, -0.2) is 37.3 Å². The van der Waals surface area contributed by atoms with E-state index in [0.29, 0.717) is 40.9 Å². The van der Waals surface area contributed by atoms with E-state index in [4.69, 9.17) is 0 Å². The number of phenolic OH excluding ortho intramolecular Hbond substituents is 1. The highest BCUT2D eigenvalue weighted by Crippen LogP contribution is 2.40. The number of carbonyl (C=O) groups excluding carboxylic acids is 1. The number of hydrogen-bond donors (Lipinski definition) is 3. The van der Waals surface area contributed by atoms with Gasteiger partial charge >= 0.3 is 6.18 Å². The molecule has 3 N–H and O–H groups in total. The highest BCUT2D eigenvalue weighted by Gasteiger charge is 2.35. The summed E-state index contributed by atoms with van der Waals surface area (Å²) in [6.07, 6.45) is -3.35. The second kappa shape index (κ2) is 9.64. The molecule has 0 unspecified atom stereocenters. The highest BCUT2D eigenvalue weighted by atomic mass is 19.4. The smallest absolute Gasteiger partial charge is 0.420 e. The molecule has 36 heavy (non-hydrogen) atoms. The number of pyridine rings is 1. The molecule has 0 aliphatic carbocycles. The molecule has 4 aromatic rings. The van der Waals surface area contributed by atoms with Gasteiger partial charge in [-0.1, -0.05) is 12.1 Å². The lowest BCUT2D eigenvalue weighted by Gasteiger charge is -2.15. The van der Waals surface area contributed by atoms with Gasteiger partial charge in [0.05, 0.1) is 11.3 Å². The predicted molar refractivity (Wildman–Crippen MR) is 125 cm³/mol. The molecular weight excluding hydrogens is 480 g/mol. The summed E-state index contributed by atoms with van der Waals surface area (Å²) in [5, 5.41) is 23.2. The summed E-state index contributed by atoms with van der Waals surface area (Å²) in [4.78, 5) is 17.2. The van der Waals surface area contributed by atoms with Crippen LogP contribution >= 0.6 is 0 Å². The van der Waals surface area contributed by atoms with Gasteiger partial charge in [0.2, 0.25) is 0 Å². The fourth-order valence-electron chi connectivity index (χ4n) is 3.61. The molecule has 0 spiro atoms. The van der Waals surface area contributed by atoms with Gasteiger partial charge in [-0.15, -0.1) is 10.2 Å². The van der Waals surface area contributed by atoms with Gasteiger partial charge in [-0.2, -0.15) is 13.2 Å². The van der Waals surface area contributed by atoms with E-state index in [2.05, 4.69) is 25.8 Å². The Balaban J connectivity index is 1.78. The minimum Gasteiger partial charge on any atom is -0.505 e. The number of alkyl halides is 3. The van der Waals surface area contributed by atoms with Crippen LogP contribution in [0.4, 0.5) is 29.1 Å². The fourth-order valence-corrected chi connectivity index (χ4v) is 3.61. The van der Waals surface area contributed by atoms with Gasteiger partial charge in [0.15, 0.2) is 11.6 Å². The zero-order chi connectivity index (χ0) is 26.0. The molecule has 2 aromatic carbocycles. The lowest BCUT2D eigenvalue weighted by molar-refractivity contribution is -0.138. The summed E-state index contributed by atoms with van der Waals surface area (Å²) < 4.78 is 55.2. The van der Waals surface area contributed by atoms with Crippen molar-refractivity contribution in [3.8, 4) is 28.3 Å². The van der Waals surface area contributed by atoms with Crippen LogP contribution in [0, 0.1) is 5.82 Å². The maximum atomic E-state index is 14.1. The Kier molecular flexibility index (Phi) is 6.60. The van der Waals surface area contributed by atoms with E-state index in [-0.39, 0.29) is 5.69 Å². The molecule has 0 saturated carbocycles. The topological polar surface area (TPSA) is 105 Å². The van der Waals surface area contributed by atoms with Crippen molar-refractivity contribution in [3.63, 3.8) is 0 Å². The molecule has 0 bridgehead atoms. The fraction of sp³-hybridized carbons (Fsp3) is 0.167. The number of hydrogen-bond acceptors (Lipinski definition) is 6. The SMILES string of the molecule is CCNc1cc(-c2ccc(F)cc2-c2nncn2C)cc(C(=O)Nc2cccc(C(F)(F)F)c2O)n1. The van der Waals surface area contributed by atoms with Crippen LogP contribution < -0.4 is 10.6 Å². The van der Waals surface area contributed by atoms with Crippen LogP contribution in [0.1, 0.15) is 23.0 Å². The van der Waals surface area contributed by atoms with Gasteiger partial charge in [-0.05, 0) is 54.4 Å². The third-order valence-corrected chi connectivity index (χ3v) is 5.25. The first kappa shape index (κ1) is 24.6. The Morgan fingerprint density at radius 1 is 1.11 bits per heavy atom. The van der Waals surface area contributed by atoms with Gasteiger partial charge in [0.25, 0.3) is 5.91 Å². The first-order valence-corrected chi connectivity index (χ1v) is 10.7. The number of halogens is 4. The molecule has 8 nitrogen and oxygen atoms in total. The van der Waals surface area contributed by atoms with Crippen molar-refractivity contribution in [1.29, 1.82) is 0 Å². The molecular formula is C24H20F4N6O2. The van der Waals surface area contributed by atoms with Gasteiger partial charge < -0.3 is 20.3 Å². The third-order valence-electron chi connectivity index (χ3n) is 5.25. The Bertz CT molecular complexity index is 1430. The Morgan fingerprint density at radius 2 is 1.89 bits per heavy atom. The molecule has 0 saturated heterocycles. The molecule has 186 valence electrons. The second-order valence-electron chi connectivity index (χ2n) is 7.77. The van der Waals surface area contributed by atoms with Gasteiger partial charge in [-0.3, -0.25) is 4.79 Å². The number of aromatic hydroxyl groups is 1. The van der Waals surface area contributed by atoms with E-state index in [1.807, 2.05) is 6.92 Å². The molecule has 0 fully saturated rings. The van der Waals surface area contributed by atoms with Crippen molar-refractivity contribution >= 4 is 17.4 Å². The first-order valence-electron chi connectivity index (χ1n) is 10.7. The Labute approximate surface area is 202 Å². The third kappa shape index (κ3) is 4.97. The zero-order valence-corrected chi connectivity index (χ0v) is 19.1. The average molecular weight is 500 g/mol. The molecule has 0 radical (unpaired) electrons. The number of aromatic nitrogens is 4. The standard InChI is InChI=1S/C24H20F4N6O2/c1-3-29-20-10-13(15-8-7-14(25)11-16(15)22-33-30-12-34(22)2)9-19(31-20)23(36)32-18-6-4-5-17(21(18)35)24(26,27)28/h4-12,35H,3H2,1-2H3,(H,29,31)(H,32,36). The number of carbonyl (C=O) groups is 1. The number of nitrogens with one attached hydrogen (secondary N) is 2.